The predicted molar refractivity (Wildman–Crippen MR) is 151 cm³/mol. The molecular weight excluding hydrogens is 484 g/mol. The Bertz CT molecular complexity index is 1480. The molecule has 8 heteroatoms. The van der Waals surface area contributed by atoms with Gasteiger partial charge in [0.1, 0.15) is 5.65 Å². The molecule has 1 aromatic carbocycles. The summed E-state index contributed by atoms with van der Waals surface area (Å²) >= 11 is 6.72. The number of rotatable bonds is 7. The number of hydrogen-bond donors (Lipinski definition) is 1. The molecule has 1 N–H and O–H groups in total. The molecule has 0 bridgehead atoms. The maximum Gasteiger partial charge on any atom is 0.260 e. The molecule has 0 atom stereocenters. The summed E-state index contributed by atoms with van der Waals surface area (Å²) in [7, 11) is 2.18. The van der Waals surface area contributed by atoms with E-state index in [4.69, 9.17) is 16.6 Å². The van der Waals surface area contributed by atoms with Gasteiger partial charge >= 0.3 is 0 Å². The average molecular weight is 517 g/mol. The molecule has 192 valence electrons. The Balaban J connectivity index is 1.41. The smallest absolute Gasteiger partial charge is 0.260 e. The SMILES string of the molecule is CCn1c(=O)c(-c2ccc(-c3ncccc3C)cc2Cl)cc2cnc(NCCC3CCN(C)CC3)nc21. The van der Waals surface area contributed by atoms with Crippen LogP contribution in [0.1, 0.15) is 31.7 Å². The van der Waals surface area contributed by atoms with Crippen molar-refractivity contribution in [2.24, 2.45) is 5.92 Å². The Morgan fingerprint density at radius 3 is 2.65 bits per heavy atom. The van der Waals surface area contributed by atoms with Crippen LogP contribution in [-0.2, 0) is 6.54 Å². The van der Waals surface area contributed by atoms with E-state index in [1.807, 2.05) is 50.2 Å². The molecule has 0 unspecified atom stereocenters. The van der Waals surface area contributed by atoms with E-state index < -0.39 is 0 Å². The summed E-state index contributed by atoms with van der Waals surface area (Å²) in [6, 6.07) is 11.5. The largest absolute Gasteiger partial charge is 0.354 e. The lowest BCUT2D eigenvalue weighted by atomic mass is 9.94. The first-order chi connectivity index (χ1) is 17.9. The average Bonchev–Trinajstić information content (AvgIpc) is 2.90. The summed E-state index contributed by atoms with van der Waals surface area (Å²) < 4.78 is 1.70. The molecule has 1 aliphatic heterocycles. The molecule has 0 amide bonds. The molecule has 5 rings (SSSR count). The van der Waals surface area contributed by atoms with Crippen LogP contribution >= 0.6 is 11.6 Å². The summed E-state index contributed by atoms with van der Waals surface area (Å²) in [6.07, 6.45) is 7.13. The summed E-state index contributed by atoms with van der Waals surface area (Å²) in [5, 5.41) is 4.68. The maximum atomic E-state index is 13.5. The molecule has 1 fully saturated rings. The predicted octanol–water partition coefficient (Wildman–Crippen LogP) is 5.65. The number of aryl methyl sites for hydroxylation is 2. The Kier molecular flexibility index (Phi) is 7.53. The van der Waals surface area contributed by atoms with Crippen LogP contribution in [0.5, 0.6) is 0 Å². The highest BCUT2D eigenvalue weighted by atomic mass is 35.5. The fraction of sp³-hybridized carbons (Fsp3) is 0.379. The van der Waals surface area contributed by atoms with Gasteiger partial charge in [-0.3, -0.25) is 14.3 Å². The number of nitrogens with one attached hydrogen (secondary N) is 1. The minimum atomic E-state index is -0.116. The van der Waals surface area contributed by atoms with E-state index in [2.05, 4.69) is 27.2 Å². The van der Waals surface area contributed by atoms with Gasteiger partial charge in [-0.2, -0.15) is 4.98 Å². The minimum Gasteiger partial charge on any atom is -0.354 e. The van der Waals surface area contributed by atoms with Crippen molar-refractivity contribution in [1.29, 1.82) is 0 Å². The van der Waals surface area contributed by atoms with Crippen molar-refractivity contribution >= 4 is 28.6 Å². The number of aromatic nitrogens is 4. The molecule has 1 aliphatic rings. The number of piperidine rings is 1. The van der Waals surface area contributed by atoms with Gasteiger partial charge in [0.05, 0.1) is 5.69 Å². The van der Waals surface area contributed by atoms with Crippen LogP contribution in [-0.4, -0.2) is 51.1 Å². The van der Waals surface area contributed by atoms with E-state index in [9.17, 15) is 4.79 Å². The van der Waals surface area contributed by atoms with Gasteiger partial charge in [-0.15, -0.1) is 0 Å². The van der Waals surface area contributed by atoms with E-state index in [0.717, 1.165) is 54.2 Å². The second kappa shape index (κ2) is 11.0. The van der Waals surface area contributed by atoms with Gasteiger partial charge in [0.15, 0.2) is 0 Å². The normalized spacial score (nSPS) is 14.8. The van der Waals surface area contributed by atoms with Crippen LogP contribution in [0.15, 0.2) is 53.6 Å². The fourth-order valence-electron chi connectivity index (χ4n) is 5.14. The number of halogens is 1. The molecule has 0 saturated carbocycles. The van der Waals surface area contributed by atoms with Crippen molar-refractivity contribution in [3.8, 4) is 22.4 Å². The first kappa shape index (κ1) is 25.4. The molecule has 1 saturated heterocycles. The van der Waals surface area contributed by atoms with Gasteiger partial charge in [-0.05, 0) is 82.9 Å². The highest BCUT2D eigenvalue weighted by Gasteiger charge is 2.18. The lowest BCUT2D eigenvalue weighted by Gasteiger charge is -2.28. The lowest BCUT2D eigenvalue weighted by molar-refractivity contribution is 0.215. The Morgan fingerprint density at radius 2 is 1.92 bits per heavy atom. The topological polar surface area (TPSA) is 75.9 Å². The summed E-state index contributed by atoms with van der Waals surface area (Å²) in [5.74, 6) is 1.29. The first-order valence-electron chi connectivity index (χ1n) is 13.0. The van der Waals surface area contributed by atoms with Crippen molar-refractivity contribution in [2.45, 2.75) is 39.7 Å². The quantitative estimate of drug-likeness (QED) is 0.342. The van der Waals surface area contributed by atoms with Crippen molar-refractivity contribution in [3.05, 3.63) is 69.7 Å². The standard InChI is InChI=1S/C29H33ClN6O/c1-4-36-27-22(18-33-29(34-27)32-13-9-20-10-14-35(3)15-11-20)16-24(28(36)37)23-8-7-21(17-25(23)30)26-19(2)6-5-12-31-26/h5-8,12,16-18,20H,4,9-11,13-15H2,1-3H3,(H,32,33,34). The molecule has 0 spiro atoms. The Hall–Kier alpha value is -3.29. The van der Waals surface area contributed by atoms with E-state index >= 15 is 0 Å². The lowest BCUT2D eigenvalue weighted by Crippen LogP contribution is -2.31. The number of anilines is 1. The maximum absolute atomic E-state index is 13.5. The third kappa shape index (κ3) is 5.38. The Labute approximate surface area is 222 Å². The number of fused-ring (bicyclic) bond motifs is 1. The molecule has 4 aromatic rings. The highest BCUT2D eigenvalue weighted by Crippen LogP contribution is 2.32. The van der Waals surface area contributed by atoms with Crippen molar-refractivity contribution in [3.63, 3.8) is 0 Å². The molecule has 4 heterocycles. The van der Waals surface area contributed by atoms with Crippen LogP contribution in [0.3, 0.4) is 0 Å². The number of benzene rings is 1. The number of pyridine rings is 2. The zero-order chi connectivity index (χ0) is 25.9. The van der Waals surface area contributed by atoms with Crippen LogP contribution in [0, 0.1) is 12.8 Å². The number of hydrogen-bond acceptors (Lipinski definition) is 6. The molecule has 37 heavy (non-hydrogen) atoms. The second-order valence-electron chi connectivity index (χ2n) is 9.91. The zero-order valence-electron chi connectivity index (χ0n) is 21.7. The van der Waals surface area contributed by atoms with Gasteiger partial charge < -0.3 is 10.2 Å². The monoisotopic (exact) mass is 516 g/mol. The van der Waals surface area contributed by atoms with Crippen LogP contribution in [0.2, 0.25) is 5.02 Å². The first-order valence-corrected chi connectivity index (χ1v) is 13.4. The van der Waals surface area contributed by atoms with E-state index in [0.29, 0.717) is 34.3 Å². The van der Waals surface area contributed by atoms with Crippen LogP contribution in [0.25, 0.3) is 33.4 Å². The molecule has 0 radical (unpaired) electrons. The van der Waals surface area contributed by atoms with Gasteiger partial charge in [-0.25, -0.2) is 4.98 Å². The Morgan fingerprint density at radius 1 is 1.11 bits per heavy atom. The summed E-state index contributed by atoms with van der Waals surface area (Å²) in [6.45, 7) is 7.62. The van der Waals surface area contributed by atoms with Crippen LogP contribution in [0.4, 0.5) is 5.95 Å². The number of nitrogens with zero attached hydrogens (tertiary/aromatic N) is 5. The van der Waals surface area contributed by atoms with E-state index in [-0.39, 0.29) is 5.56 Å². The van der Waals surface area contributed by atoms with Gasteiger partial charge in [0.25, 0.3) is 5.56 Å². The van der Waals surface area contributed by atoms with Gasteiger partial charge in [-0.1, -0.05) is 29.8 Å². The van der Waals surface area contributed by atoms with E-state index in [1.165, 1.54) is 12.8 Å². The summed E-state index contributed by atoms with van der Waals surface area (Å²) in [5.41, 5.74) is 4.61. The van der Waals surface area contributed by atoms with Crippen molar-refractivity contribution in [1.82, 2.24) is 24.4 Å². The third-order valence-electron chi connectivity index (χ3n) is 7.36. The minimum absolute atomic E-state index is 0.116. The van der Waals surface area contributed by atoms with Gasteiger partial charge in [0, 0.05) is 52.6 Å². The van der Waals surface area contributed by atoms with Crippen molar-refractivity contribution in [2.75, 3.05) is 32.0 Å². The van der Waals surface area contributed by atoms with Crippen molar-refractivity contribution < 1.29 is 0 Å². The number of likely N-dealkylation sites (tertiary alicyclic amines) is 1. The zero-order valence-corrected chi connectivity index (χ0v) is 22.4. The highest BCUT2D eigenvalue weighted by molar-refractivity contribution is 6.33. The van der Waals surface area contributed by atoms with E-state index in [1.54, 1.807) is 17.0 Å². The van der Waals surface area contributed by atoms with Crippen LogP contribution < -0.4 is 10.9 Å². The molecular formula is C29H33ClN6O. The molecule has 7 nitrogen and oxygen atoms in total. The molecule has 0 aliphatic carbocycles. The summed E-state index contributed by atoms with van der Waals surface area (Å²) in [4.78, 5) is 29.7. The third-order valence-corrected chi connectivity index (χ3v) is 7.67. The fourth-order valence-corrected chi connectivity index (χ4v) is 5.42. The van der Waals surface area contributed by atoms with Gasteiger partial charge in [0.2, 0.25) is 5.95 Å². The molecule has 3 aromatic heterocycles. The second-order valence-corrected chi connectivity index (χ2v) is 10.3.